The number of aliphatic hydroxyl groups is 1. The molecule has 0 radical (unpaired) electrons. The van der Waals surface area contributed by atoms with Crippen molar-refractivity contribution in [2.75, 3.05) is 6.61 Å². The number of rotatable bonds is 6. The molecule has 1 N–H and O–H groups in total. The number of hydrogen-bond donors (Lipinski definition) is 1. The Labute approximate surface area is 148 Å². The second kappa shape index (κ2) is 7.45. The minimum atomic E-state index is -0.945. The van der Waals surface area contributed by atoms with Gasteiger partial charge in [-0.1, -0.05) is 0 Å². The van der Waals surface area contributed by atoms with E-state index in [1.807, 2.05) is 0 Å². The molecular weight excluding hydrogens is 339 g/mol. The highest BCUT2D eigenvalue weighted by Crippen LogP contribution is 2.13. The van der Waals surface area contributed by atoms with E-state index in [1.165, 1.54) is 36.0 Å². The Kier molecular flexibility index (Phi) is 5.09. The number of aromatic nitrogens is 2. The summed E-state index contributed by atoms with van der Waals surface area (Å²) in [7, 11) is 0. The second-order valence-corrected chi connectivity index (χ2v) is 5.91. The minimum Gasteiger partial charge on any atom is -0.491 e. The van der Waals surface area contributed by atoms with Gasteiger partial charge in [-0.2, -0.15) is 0 Å². The van der Waals surface area contributed by atoms with Crippen molar-refractivity contribution < 1.29 is 19.0 Å². The van der Waals surface area contributed by atoms with Crippen molar-refractivity contribution in [2.45, 2.75) is 19.6 Å². The maximum absolute atomic E-state index is 13.2. The van der Waals surface area contributed by atoms with Crippen molar-refractivity contribution in [2.24, 2.45) is 0 Å². The van der Waals surface area contributed by atoms with Crippen molar-refractivity contribution in [1.29, 1.82) is 0 Å². The lowest BCUT2D eigenvalue weighted by molar-refractivity contribution is 0.0914. The van der Waals surface area contributed by atoms with E-state index in [0.717, 1.165) is 0 Å². The van der Waals surface area contributed by atoms with Gasteiger partial charge in [-0.3, -0.25) is 14.2 Å². The van der Waals surface area contributed by atoms with Crippen LogP contribution in [0.2, 0.25) is 0 Å². The normalized spacial score (nSPS) is 12.1. The molecule has 7 heteroatoms. The molecule has 0 spiro atoms. The molecule has 0 saturated carbocycles. The van der Waals surface area contributed by atoms with Crippen LogP contribution in [-0.2, 0) is 6.54 Å². The number of hydrogen-bond acceptors (Lipinski definition) is 5. The Morgan fingerprint density at radius 1 is 1.27 bits per heavy atom. The van der Waals surface area contributed by atoms with E-state index in [0.29, 0.717) is 11.3 Å². The van der Waals surface area contributed by atoms with Gasteiger partial charge in [0.05, 0.1) is 23.8 Å². The molecule has 0 aliphatic heterocycles. The summed E-state index contributed by atoms with van der Waals surface area (Å²) >= 11 is 0. The van der Waals surface area contributed by atoms with E-state index in [4.69, 9.17) is 4.74 Å². The van der Waals surface area contributed by atoms with E-state index < -0.39 is 11.9 Å². The average molecular weight is 356 g/mol. The summed E-state index contributed by atoms with van der Waals surface area (Å²) < 4.78 is 19.9. The van der Waals surface area contributed by atoms with Crippen LogP contribution in [0.1, 0.15) is 17.3 Å². The number of carbonyl (C=O) groups excluding carboxylic acids is 1. The predicted molar refractivity (Wildman–Crippen MR) is 93.9 cm³/mol. The van der Waals surface area contributed by atoms with Crippen LogP contribution in [0.4, 0.5) is 4.39 Å². The zero-order valence-electron chi connectivity index (χ0n) is 14.1. The molecule has 3 aromatic rings. The molecule has 6 nitrogen and oxygen atoms in total. The van der Waals surface area contributed by atoms with Gasteiger partial charge in [-0.15, -0.1) is 0 Å². The number of ketones is 1. The molecule has 1 aromatic heterocycles. The summed E-state index contributed by atoms with van der Waals surface area (Å²) in [5.74, 6) is -0.000435. The molecule has 1 heterocycles. The number of Topliss-reactive ketones (excluding diaryl/α,β-unsaturated/α-hetero) is 1. The smallest absolute Gasteiger partial charge is 0.261 e. The van der Waals surface area contributed by atoms with E-state index in [1.54, 1.807) is 24.3 Å². The number of carbonyl (C=O) groups is 1. The molecule has 0 amide bonds. The first kappa shape index (κ1) is 17.8. The van der Waals surface area contributed by atoms with Crippen LogP contribution >= 0.6 is 0 Å². The average Bonchev–Trinajstić information content (AvgIpc) is 2.62. The molecule has 0 bridgehead atoms. The molecule has 3 rings (SSSR count). The Balaban J connectivity index is 1.66. The highest BCUT2D eigenvalue weighted by Gasteiger charge is 2.11. The predicted octanol–water partition coefficient (Wildman–Crippen LogP) is 2.18. The highest BCUT2D eigenvalue weighted by atomic mass is 19.1. The molecule has 0 saturated heterocycles. The van der Waals surface area contributed by atoms with Crippen LogP contribution < -0.4 is 10.3 Å². The summed E-state index contributed by atoms with van der Waals surface area (Å²) in [6.45, 7) is 1.43. The van der Waals surface area contributed by atoms with Crippen LogP contribution in [0.5, 0.6) is 5.75 Å². The third kappa shape index (κ3) is 3.94. The molecule has 0 fully saturated rings. The zero-order chi connectivity index (χ0) is 18.7. The van der Waals surface area contributed by atoms with Gasteiger partial charge in [-0.05, 0) is 43.3 Å². The molecule has 26 heavy (non-hydrogen) atoms. The number of halogens is 1. The van der Waals surface area contributed by atoms with Gasteiger partial charge in [0, 0.05) is 11.6 Å². The Morgan fingerprint density at radius 3 is 2.69 bits per heavy atom. The van der Waals surface area contributed by atoms with Crippen LogP contribution in [-0.4, -0.2) is 33.2 Å². The summed E-state index contributed by atoms with van der Waals surface area (Å²) in [6, 6.07) is 10.3. The first-order valence-corrected chi connectivity index (χ1v) is 8.00. The van der Waals surface area contributed by atoms with Crippen LogP contribution in [0.3, 0.4) is 0 Å². The van der Waals surface area contributed by atoms with E-state index in [2.05, 4.69) is 4.98 Å². The maximum Gasteiger partial charge on any atom is 0.261 e. The minimum absolute atomic E-state index is 0.00925. The number of benzene rings is 2. The van der Waals surface area contributed by atoms with Crippen LogP contribution in [0.25, 0.3) is 10.9 Å². The SMILES string of the molecule is CC(=O)c1ccc(OCC(O)Cn2cnc3cc(F)ccc3c2=O)cc1. The number of ether oxygens (including phenoxy) is 1. The fourth-order valence-electron chi connectivity index (χ4n) is 2.52. The van der Waals surface area contributed by atoms with Gasteiger partial charge in [-0.25, -0.2) is 9.37 Å². The molecular formula is C19H17FN2O4. The van der Waals surface area contributed by atoms with Gasteiger partial charge >= 0.3 is 0 Å². The topological polar surface area (TPSA) is 81.4 Å². The standard InChI is InChI=1S/C19H17FN2O4/c1-12(23)13-2-5-16(6-3-13)26-10-15(24)9-22-11-21-18-8-14(20)4-7-17(18)19(22)25/h2-8,11,15,24H,9-10H2,1H3. The lowest BCUT2D eigenvalue weighted by Gasteiger charge is -2.14. The monoisotopic (exact) mass is 356 g/mol. The zero-order valence-corrected chi connectivity index (χ0v) is 14.1. The third-order valence-electron chi connectivity index (χ3n) is 3.90. The molecule has 0 aliphatic rings. The van der Waals surface area contributed by atoms with Gasteiger partial charge in [0.15, 0.2) is 5.78 Å². The van der Waals surface area contributed by atoms with E-state index in [-0.39, 0.29) is 35.4 Å². The van der Waals surface area contributed by atoms with E-state index >= 15 is 0 Å². The van der Waals surface area contributed by atoms with Gasteiger partial charge < -0.3 is 9.84 Å². The fraction of sp³-hybridized carbons (Fsp3) is 0.211. The third-order valence-corrected chi connectivity index (χ3v) is 3.90. The van der Waals surface area contributed by atoms with Crippen LogP contribution in [0, 0.1) is 5.82 Å². The first-order valence-electron chi connectivity index (χ1n) is 8.00. The van der Waals surface area contributed by atoms with Gasteiger partial charge in [0.25, 0.3) is 5.56 Å². The summed E-state index contributed by atoms with van der Waals surface area (Å²) in [5.41, 5.74) is 0.477. The molecule has 134 valence electrons. The molecule has 0 aliphatic carbocycles. The van der Waals surface area contributed by atoms with Crippen molar-refractivity contribution in [3.8, 4) is 5.75 Å². The lowest BCUT2D eigenvalue weighted by Crippen LogP contribution is -2.30. The largest absolute Gasteiger partial charge is 0.491 e. The fourth-order valence-corrected chi connectivity index (χ4v) is 2.52. The van der Waals surface area contributed by atoms with Crippen molar-refractivity contribution in [3.63, 3.8) is 0 Å². The van der Waals surface area contributed by atoms with Crippen molar-refractivity contribution in [1.82, 2.24) is 9.55 Å². The Hall–Kier alpha value is -3.06. The summed E-state index contributed by atoms with van der Waals surface area (Å²) in [4.78, 5) is 27.6. The lowest BCUT2D eigenvalue weighted by atomic mass is 10.1. The van der Waals surface area contributed by atoms with Gasteiger partial charge in [0.1, 0.15) is 24.3 Å². The quantitative estimate of drug-likeness (QED) is 0.685. The van der Waals surface area contributed by atoms with Crippen molar-refractivity contribution >= 4 is 16.7 Å². The molecule has 1 atom stereocenters. The second-order valence-electron chi connectivity index (χ2n) is 5.91. The Bertz CT molecular complexity index is 999. The summed E-state index contributed by atoms with van der Waals surface area (Å²) in [5, 5.41) is 10.4. The number of nitrogens with zero attached hydrogens (tertiary/aromatic N) is 2. The van der Waals surface area contributed by atoms with E-state index in [9.17, 15) is 19.1 Å². The number of aliphatic hydroxyl groups excluding tert-OH is 1. The molecule has 1 unspecified atom stereocenters. The maximum atomic E-state index is 13.2. The van der Waals surface area contributed by atoms with Crippen molar-refractivity contribution in [3.05, 3.63) is 70.5 Å². The highest BCUT2D eigenvalue weighted by molar-refractivity contribution is 5.94. The number of fused-ring (bicyclic) bond motifs is 1. The summed E-state index contributed by atoms with van der Waals surface area (Å²) in [6.07, 6.45) is 0.328. The molecule has 2 aromatic carbocycles. The Morgan fingerprint density at radius 2 is 2.00 bits per heavy atom. The van der Waals surface area contributed by atoms with Crippen LogP contribution in [0.15, 0.2) is 53.6 Å². The first-order chi connectivity index (χ1) is 12.4. The van der Waals surface area contributed by atoms with Gasteiger partial charge in [0.2, 0.25) is 0 Å².